The third kappa shape index (κ3) is 3.83. The summed E-state index contributed by atoms with van der Waals surface area (Å²) >= 11 is 0. The Morgan fingerprint density at radius 1 is 0.756 bits per heavy atom. The molecule has 1 aliphatic heterocycles. The molecule has 4 unspecified atom stereocenters. The Bertz CT molecular complexity index is 1680. The molecule has 4 aromatic carbocycles. The topological polar surface area (TPSA) is 69.9 Å². The molecule has 4 nitrogen and oxygen atoms in total. The van der Waals surface area contributed by atoms with Crippen LogP contribution in [0.5, 0.6) is 17.2 Å². The molecule has 0 radical (unpaired) electrons. The van der Waals surface area contributed by atoms with Gasteiger partial charge in [-0.3, -0.25) is 0 Å². The highest BCUT2D eigenvalue weighted by Gasteiger charge is 2.50. The van der Waals surface area contributed by atoms with Gasteiger partial charge in [-0.25, -0.2) is 0 Å². The zero-order valence-electron chi connectivity index (χ0n) is 23.7. The monoisotopic (exact) mass is 546 g/mol. The van der Waals surface area contributed by atoms with Crippen LogP contribution in [0.4, 0.5) is 0 Å². The van der Waals surface area contributed by atoms with Gasteiger partial charge in [0, 0.05) is 17.4 Å². The van der Waals surface area contributed by atoms with E-state index in [9.17, 15) is 15.3 Å². The molecule has 4 aliphatic rings. The first kappa shape index (κ1) is 25.2. The maximum atomic E-state index is 11.4. The summed E-state index contributed by atoms with van der Waals surface area (Å²) in [6.07, 6.45) is 8.86. The Morgan fingerprint density at radius 3 is 2.29 bits per heavy atom. The van der Waals surface area contributed by atoms with Crippen molar-refractivity contribution in [2.75, 3.05) is 0 Å². The molecular formula is C37H38O4. The van der Waals surface area contributed by atoms with Crippen LogP contribution in [0.25, 0.3) is 10.8 Å². The summed E-state index contributed by atoms with van der Waals surface area (Å²) in [5.74, 6) is 1.51. The number of aryl methyl sites for hydroxylation is 3. The number of fused-ring (bicyclic) bond motifs is 7. The second kappa shape index (κ2) is 9.00. The summed E-state index contributed by atoms with van der Waals surface area (Å²) in [4.78, 5) is 0. The highest BCUT2D eigenvalue weighted by Crippen LogP contribution is 2.56. The van der Waals surface area contributed by atoms with Crippen LogP contribution in [-0.4, -0.2) is 27.0 Å². The van der Waals surface area contributed by atoms with E-state index in [0.29, 0.717) is 5.75 Å². The minimum Gasteiger partial charge on any atom is -0.508 e. The second-order valence-electron chi connectivity index (χ2n) is 13.4. The van der Waals surface area contributed by atoms with Gasteiger partial charge in [-0.2, -0.15) is 0 Å². The lowest BCUT2D eigenvalue weighted by atomic mass is 9.59. The molecule has 4 heteroatoms. The predicted octanol–water partition coefficient (Wildman–Crippen LogP) is 7.67. The van der Waals surface area contributed by atoms with E-state index >= 15 is 0 Å². The first-order chi connectivity index (χ1) is 19.8. The zero-order valence-corrected chi connectivity index (χ0v) is 23.7. The number of aromatic hydroxyl groups is 2. The van der Waals surface area contributed by atoms with Crippen molar-refractivity contribution >= 4 is 10.8 Å². The molecular weight excluding hydrogens is 508 g/mol. The number of hydrogen-bond donors (Lipinski definition) is 3. The number of hydrogen-bond acceptors (Lipinski definition) is 4. The van der Waals surface area contributed by atoms with E-state index in [0.717, 1.165) is 79.9 Å². The molecule has 3 N–H and O–H groups in total. The van der Waals surface area contributed by atoms with Gasteiger partial charge in [-0.05, 0) is 132 Å². The van der Waals surface area contributed by atoms with E-state index in [1.165, 1.54) is 27.8 Å². The Kier molecular flexibility index (Phi) is 5.54. The van der Waals surface area contributed by atoms with Crippen molar-refractivity contribution in [2.24, 2.45) is 5.41 Å². The number of phenols is 2. The molecule has 210 valence electrons. The molecule has 1 saturated carbocycles. The first-order valence-electron chi connectivity index (χ1n) is 15.4. The summed E-state index contributed by atoms with van der Waals surface area (Å²) in [7, 11) is 0. The summed E-state index contributed by atoms with van der Waals surface area (Å²) in [6.45, 7) is 2.31. The number of aliphatic hydroxyl groups is 1. The fraction of sp³-hybridized carbons (Fsp3) is 0.405. The molecule has 0 saturated heterocycles. The third-order valence-corrected chi connectivity index (χ3v) is 11.3. The van der Waals surface area contributed by atoms with Gasteiger partial charge in [0.1, 0.15) is 23.4 Å². The zero-order chi connectivity index (χ0) is 27.9. The standard InChI is InChI=1S/C37H38O4/c1-36(37(40)15-2-16-37)17-13-22-3-4-26(19-25(22)14-18-36)33-34-29-20-27(38)9-5-23(29)7-11-31(34)41-32-12-8-24-6-10-28(39)21-30(24)35(32)33/h3-7,9-11,19-21,32-33,35,38-40H,2,8,12-18H2,1H3. The third-order valence-electron chi connectivity index (χ3n) is 11.3. The molecule has 41 heavy (non-hydrogen) atoms. The van der Waals surface area contributed by atoms with Gasteiger partial charge >= 0.3 is 0 Å². The second-order valence-corrected chi connectivity index (χ2v) is 13.4. The fourth-order valence-electron chi connectivity index (χ4n) is 8.62. The van der Waals surface area contributed by atoms with E-state index in [1.54, 1.807) is 12.1 Å². The van der Waals surface area contributed by atoms with Crippen LogP contribution >= 0.6 is 0 Å². The Balaban J connectivity index is 1.29. The van der Waals surface area contributed by atoms with E-state index in [1.807, 2.05) is 18.2 Å². The smallest absolute Gasteiger partial charge is 0.124 e. The normalized spacial score (nSPS) is 27.8. The van der Waals surface area contributed by atoms with E-state index in [-0.39, 0.29) is 29.1 Å². The molecule has 1 heterocycles. The van der Waals surface area contributed by atoms with Gasteiger partial charge in [-0.1, -0.05) is 43.3 Å². The fourth-order valence-corrected chi connectivity index (χ4v) is 8.62. The Morgan fingerprint density at radius 2 is 1.49 bits per heavy atom. The molecule has 4 aromatic rings. The average Bonchev–Trinajstić information content (AvgIpc) is 3.13. The lowest BCUT2D eigenvalue weighted by Crippen LogP contribution is -2.51. The lowest BCUT2D eigenvalue weighted by Gasteiger charge is -2.51. The van der Waals surface area contributed by atoms with Crippen LogP contribution in [0.2, 0.25) is 0 Å². The molecule has 0 aromatic heterocycles. The first-order valence-corrected chi connectivity index (χ1v) is 15.4. The molecule has 3 aliphatic carbocycles. The van der Waals surface area contributed by atoms with Crippen LogP contribution in [0.3, 0.4) is 0 Å². The average molecular weight is 547 g/mol. The Hall–Kier alpha value is -3.50. The minimum absolute atomic E-state index is 0.00604. The molecule has 0 amide bonds. The van der Waals surface area contributed by atoms with Crippen LogP contribution in [-0.2, 0) is 19.3 Å². The molecule has 0 bridgehead atoms. The van der Waals surface area contributed by atoms with Crippen molar-refractivity contribution in [2.45, 2.75) is 88.3 Å². The summed E-state index contributed by atoms with van der Waals surface area (Å²) < 4.78 is 6.76. The molecule has 4 atom stereocenters. The maximum Gasteiger partial charge on any atom is 0.124 e. The van der Waals surface area contributed by atoms with Gasteiger partial charge in [-0.15, -0.1) is 0 Å². The predicted molar refractivity (Wildman–Crippen MR) is 161 cm³/mol. The minimum atomic E-state index is -0.514. The van der Waals surface area contributed by atoms with Gasteiger partial charge in [0.15, 0.2) is 0 Å². The van der Waals surface area contributed by atoms with Gasteiger partial charge in [0.05, 0.1) is 5.60 Å². The van der Waals surface area contributed by atoms with Crippen molar-refractivity contribution < 1.29 is 20.1 Å². The summed E-state index contributed by atoms with van der Waals surface area (Å²) in [5, 5.41) is 34.6. The lowest BCUT2D eigenvalue weighted by molar-refractivity contribution is -0.138. The molecule has 8 rings (SSSR count). The highest BCUT2D eigenvalue weighted by atomic mass is 16.5. The van der Waals surface area contributed by atoms with E-state index in [2.05, 4.69) is 43.3 Å². The summed E-state index contributed by atoms with van der Waals surface area (Å²) in [6, 6.07) is 22.7. The molecule has 1 fully saturated rings. The van der Waals surface area contributed by atoms with Crippen molar-refractivity contribution in [3.8, 4) is 17.2 Å². The van der Waals surface area contributed by atoms with Crippen molar-refractivity contribution in [1.29, 1.82) is 0 Å². The number of rotatable bonds is 2. The quantitative estimate of drug-likeness (QED) is 0.226. The molecule has 0 spiro atoms. The Labute approximate surface area is 241 Å². The van der Waals surface area contributed by atoms with E-state index < -0.39 is 5.60 Å². The van der Waals surface area contributed by atoms with Crippen LogP contribution in [0, 0.1) is 5.41 Å². The van der Waals surface area contributed by atoms with Crippen molar-refractivity contribution in [1.82, 2.24) is 0 Å². The van der Waals surface area contributed by atoms with Gasteiger partial charge < -0.3 is 20.1 Å². The van der Waals surface area contributed by atoms with Gasteiger partial charge in [0.25, 0.3) is 0 Å². The number of benzene rings is 4. The van der Waals surface area contributed by atoms with Crippen molar-refractivity contribution in [3.63, 3.8) is 0 Å². The van der Waals surface area contributed by atoms with Crippen LogP contribution in [0.1, 0.15) is 90.7 Å². The SMILES string of the molecule is CC1(C2(O)CCC2)CCc2ccc(C3c4c(ccc5ccc(O)cc45)OC4CCc5ccc(O)cc5C43)cc2CC1. The summed E-state index contributed by atoms with van der Waals surface area (Å²) in [5.41, 5.74) is 7.08. The van der Waals surface area contributed by atoms with Crippen LogP contribution in [0.15, 0.2) is 66.7 Å². The van der Waals surface area contributed by atoms with E-state index in [4.69, 9.17) is 4.74 Å². The number of phenolic OH excluding ortho intramolecular Hbond substituents is 2. The van der Waals surface area contributed by atoms with Gasteiger partial charge in [0.2, 0.25) is 0 Å². The van der Waals surface area contributed by atoms with Crippen molar-refractivity contribution in [3.05, 3.63) is 100 Å². The maximum absolute atomic E-state index is 11.4. The highest BCUT2D eigenvalue weighted by molar-refractivity contribution is 5.90. The largest absolute Gasteiger partial charge is 0.508 e. The number of ether oxygens (including phenoxy) is 1. The van der Waals surface area contributed by atoms with Crippen LogP contribution < -0.4 is 4.74 Å².